The van der Waals surface area contributed by atoms with Crippen molar-refractivity contribution in [2.24, 2.45) is 0 Å². The van der Waals surface area contributed by atoms with Gasteiger partial charge in [-0.25, -0.2) is 4.98 Å². The van der Waals surface area contributed by atoms with Gasteiger partial charge in [0.2, 0.25) is 0 Å². The zero-order valence-corrected chi connectivity index (χ0v) is 11.2. The molecule has 1 aromatic heterocycles. The lowest BCUT2D eigenvalue weighted by molar-refractivity contribution is 0.102. The Morgan fingerprint density at radius 3 is 2.75 bits per heavy atom. The van der Waals surface area contributed by atoms with Crippen molar-refractivity contribution in [1.29, 1.82) is 0 Å². The van der Waals surface area contributed by atoms with Gasteiger partial charge in [-0.2, -0.15) is 0 Å². The zero-order chi connectivity index (χ0) is 13.9. The number of carbonyl (C=O) groups excluding carboxylic acids is 1. The van der Waals surface area contributed by atoms with Crippen LogP contribution in [0.2, 0.25) is 5.15 Å². The summed E-state index contributed by atoms with van der Waals surface area (Å²) in [6.07, 6.45) is 0. The first-order chi connectivity index (χ1) is 9.72. The van der Waals surface area contributed by atoms with Gasteiger partial charge in [0.1, 0.15) is 24.1 Å². The first-order valence-corrected chi connectivity index (χ1v) is 6.44. The van der Waals surface area contributed by atoms with Gasteiger partial charge in [-0.1, -0.05) is 17.7 Å². The molecule has 102 valence electrons. The molecule has 0 radical (unpaired) electrons. The van der Waals surface area contributed by atoms with Crippen molar-refractivity contribution < 1.29 is 14.3 Å². The van der Waals surface area contributed by atoms with Gasteiger partial charge in [0.15, 0.2) is 11.5 Å². The topological polar surface area (TPSA) is 60.5 Å². The van der Waals surface area contributed by atoms with Crippen molar-refractivity contribution in [2.75, 3.05) is 18.5 Å². The van der Waals surface area contributed by atoms with Crippen molar-refractivity contribution >= 4 is 23.2 Å². The molecule has 6 heteroatoms. The number of nitrogens with one attached hydrogen (secondary N) is 1. The van der Waals surface area contributed by atoms with Gasteiger partial charge in [-0.05, 0) is 24.3 Å². The highest BCUT2D eigenvalue weighted by atomic mass is 35.5. The molecular weight excluding hydrogens is 280 g/mol. The number of halogens is 1. The van der Waals surface area contributed by atoms with Crippen LogP contribution in [0.3, 0.4) is 0 Å². The van der Waals surface area contributed by atoms with Crippen LogP contribution in [0, 0.1) is 0 Å². The molecule has 0 spiro atoms. The first kappa shape index (κ1) is 12.7. The predicted octanol–water partition coefficient (Wildman–Crippen LogP) is 2.76. The second-order valence-corrected chi connectivity index (χ2v) is 4.55. The lowest BCUT2D eigenvalue weighted by Crippen LogP contribution is -2.17. The summed E-state index contributed by atoms with van der Waals surface area (Å²) in [7, 11) is 0. The Hall–Kier alpha value is -2.27. The molecule has 0 saturated heterocycles. The Balaban J connectivity index is 1.79. The Kier molecular flexibility index (Phi) is 3.43. The van der Waals surface area contributed by atoms with Crippen LogP contribution in [0.4, 0.5) is 5.69 Å². The number of nitrogens with zero attached hydrogens (tertiary/aromatic N) is 1. The standard InChI is InChI=1S/C14H11ClN2O3/c15-13-3-1-2-10(17-13)14(18)16-9-4-5-11-12(8-9)20-7-6-19-11/h1-5,8H,6-7H2,(H,16,18). The number of aromatic nitrogens is 1. The van der Waals surface area contributed by atoms with E-state index in [1.54, 1.807) is 36.4 Å². The molecule has 2 heterocycles. The van der Waals surface area contributed by atoms with Gasteiger partial charge in [0.25, 0.3) is 5.91 Å². The van der Waals surface area contributed by atoms with E-state index in [1.807, 2.05) is 0 Å². The van der Waals surface area contributed by atoms with E-state index < -0.39 is 0 Å². The second kappa shape index (κ2) is 5.38. The van der Waals surface area contributed by atoms with Crippen molar-refractivity contribution in [3.8, 4) is 11.5 Å². The molecule has 1 amide bonds. The van der Waals surface area contributed by atoms with Crippen molar-refractivity contribution in [3.63, 3.8) is 0 Å². The molecule has 2 aromatic rings. The molecule has 1 aliphatic heterocycles. The average molecular weight is 291 g/mol. The van der Waals surface area contributed by atoms with Crippen molar-refractivity contribution in [2.45, 2.75) is 0 Å². The number of fused-ring (bicyclic) bond motifs is 1. The lowest BCUT2D eigenvalue weighted by atomic mass is 10.2. The molecule has 20 heavy (non-hydrogen) atoms. The molecule has 0 bridgehead atoms. The van der Waals surface area contributed by atoms with Gasteiger partial charge in [-0.3, -0.25) is 4.79 Å². The van der Waals surface area contributed by atoms with Crippen LogP contribution in [-0.2, 0) is 0 Å². The van der Waals surface area contributed by atoms with E-state index in [9.17, 15) is 4.79 Å². The van der Waals surface area contributed by atoms with E-state index in [-0.39, 0.29) is 16.8 Å². The third-order valence-electron chi connectivity index (χ3n) is 2.75. The number of ether oxygens (including phenoxy) is 2. The minimum absolute atomic E-state index is 0.257. The van der Waals surface area contributed by atoms with Crippen molar-refractivity contribution in [1.82, 2.24) is 4.98 Å². The number of amides is 1. The summed E-state index contributed by atoms with van der Waals surface area (Å²) in [5.74, 6) is 0.965. The number of hydrogen-bond acceptors (Lipinski definition) is 4. The predicted molar refractivity (Wildman–Crippen MR) is 74.6 cm³/mol. The van der Waals surface area contributed by atoms with Crippen LogP contribution >= 0.6 is 11.6 Å². The summed E-state index contributed by atoms with van der Waals surface area (Å²) in [5, 5.41) is 3.02. The number of pyridine rings is 1. The molecule has 1 aromatic carbocycles. The number of rotatable bonds is 2. The summed E-state index contributed by atoms with van der Waals surface area (Å²) < 4.78 is 10.9. The highest BCUT2D eigenvalue weighted by Crippen LogP contribution is 2.32. The molecule has 0 atom stereocenters. The largest absolute Gasteiger partial charge is 0.486 e. The fraction of sp³-hybridized carbons (Fsp3) is 0.143. The smallest absolute Gasteiger partial charge is 0.274 e. The Labute approximate surface area is 120 Å². The quantitative estimate of drug-likeness (QED) is 0.864. The first-order valence-electron chi connectivity index (χ1n) is 6.06. The van der Waals surface area contributed by atoms with E-state index in [2.05, 4.69) is 10.3 Å². The minimum atomic E-state index is -0.329. The highest BCUT2D eigenvalue weighted by Gasteiger charge is 2.14. The average Bonchev–Trinajstić information content (AvgIpc) is 2.47. The number of carbonyl (C=O) groups is 1. The maximum absolute atomic E-state index is 12.0. The fourth-order valence-electron chi connectivity index (χ4n) is 1.85. The highest BCUT2D eigenvalue weighted by molar-refractivity contribution is 6.29. The molecule has 1 N–H and O–H groups in total. The lowest BCUT2D eigenvalue weighted by Gasteiger charge is -2.18. The molecule has 3 rings (SSSR count). The Morgan fingerprint density at radius 2 is 1.95 bits per heavy atom. The van der Waals surface area contributed by atoms with Crippen molar-refractivity contribution in [3.05, 3.63) is 47.2 Å². The molecule has 0 aliphatic carbocycles. The third kappa shape index (κ3) is 2.67. The van der Waals surface area contributed by atoms with Crippen LogP contribution in [0.15, 0.2) is 36.4 Å². The SMILES string of the molecule is O=C(Nc1ccc2c(c1)OCCO2)c1cccc(Cl)n1. The van der Waals surface area contributed by atoms with Crippen LogP contribution in [0.1, 0.15) is 10.5 Å². The molecular formula is C14H11ClN2O3. The number of benzene rings is 1. The third-order valence-corrected chi connectivity index (χ3v) is 2.96. The zero-order valence-electron chi connectivity index (χ0n) is 10.4. The summed E-state index contributed by atoms with van der Waals surface area (Å²) >= 11 is 5.76. The Morgan fingerprint density at radius 1 is 1.15 bits per heavy atom. The maximum Gasteiger partial charge on any atom is 0.274 e. The van der Waals surface area contributed by atoms with Crippen LogP contribution in [0.5, 0.6) is 11.5 Å². The summed E-state index contributed by atoms with van der Waals surface area (Å²) in [5.41, 5.74) is 0.869. The summed E-state index contributed by atoms with van der Waals surface area (Å²) in [6.45, 7) is 1.03. The molecule has 0 fully saturated rings. The molecule has 1 aliphatic rings. The second-order valence-electron chi connectivity index (χ2n) is 4.16. The summed E-state index contributed by atoms with van der Waals surface area (Å²) in [4.78, 5) is 16.0. The maximum atomic E-state index is 12.0. The minimum Gasteiger partial charge on any atom is -0.486 e. The van der Waals surface area contributed by atoms with E-state index in [4.69, 9.17) is 21.1 Å². The van der Waals surface area contributed by atoms with Gasteiger partial charge in [-0.15, -0.1) is 0 Å². The van der Waals surface area contributed by atoms with E-state index >= 15 is 0 Å². The molecule has 0 unspecified atom stereocenters. The van der Waals surface area contributed by atoms with Crippen LogP contribution < -0.4 is 14.8 Å². The number of hydrogen-bond donors (Lipinski definition) is 1. The Bertz CT molecular complexity index is 661. The van der Waals surface area contributed by atoms with Gasteiger partial charge < -0.3 is 14.8 Å². The fourth-order valence-corrected chi connectivity index (χ4v) is 2.01. The van der Waals surface area contributed by atoms with Gasteiger partial charge >= 0.3 is 0 Å². The van der Waals surface area contributed by atoms with E-state index in [0.29, 0.717) is 30.4 Å². The molecule has 5 nitrogen and oxygen atoms in total. The monoisotopic (exact) mass is 290 g/mol. The van der Waals surface area contributed by atoms with E-state index in [0.717, 1.165) is 0 Å². The van der Waals surface area contributed by atoms with Crippen LogP contribution in [-0.4, -0.2) is 24.1 Å². The van der Waals surface area contributed by atoms with Gasteiger partial charge in [0.05, 0.1) is 0 Å². The van der Waals surface area contributed by atoms with Crippen LogP contribution in [0.25, 0.3) is 0 Å². The van der Waals surface area contributed by atoms with E-state index in [1.165, 1.54) is 0 Å². The normalized spacial score (nSPS) is 12.8. The molecule has 0 saturated carbocycles. The number of anilines is 1. The summed E-state index contributed by atoms with van der Waals surface area (Å²) in [6, 6.07) is 10.1. The van der Waals surface area contributed by atoms with Gasteiger partial charge in [0, 0.05) is 11.8 Å².